The van der Waals surface area contributed by atoms with Crippen molar-refractivity contribution in [1.29, 1.82) is 0 Å². The fourth-order valence-corrected chi connectivity index (χ4v) is 1.84. The summed E-state index contributed by atoms with van der Waals surface area (Å²) in [6.07, 6.45) is 1.83. The maximum absolute atomic E-state index is 12.2. The quantitative estimate of drug-likeness (QED) is 0.563. The normalized spacial score (nSPS) is 10.3. The van der Waals surface area contributed by atoms with Crippen molar-refractivity contribution in [2.24, 2.45) is 0 Å². The highest BCUT2D eigenvalue weighted by Crippen LogP contribution is 2.21. The van der Waals surface area contributed by atoms with E-state index in [-0.39, 0.29) is 5.91 Å². The predicted octanol–water partition coefficient (Wildman–Crippen LogP) is 1.88. The molecule has 0 aliphatic carbocycles. The smallest absolute Gasteiger partial charge is 0.253 e. The van der Waals surface area contributed by atoms with Gasteiger partial charge in [0.05, 0.1) is 5.56 Å². The molecular weight excluding hydrogens is 254 g/mol. The number of rotatable bonds is 8. The molecule has 0 saturated carbocycles. The van der Waals surface area contributed by atoms with Crippen molar-refractivity contribution in [2.45, 2.75) is 19.8 Å². The van der Waals surface area contributed by atoms with Crippen LogP contribution < -0.4 is 16.0 Å². The SMILES string of the molecule is CCCOCCCNC(=O)c1cc(N)ccc1N(C)C. The molecule has 3 N–H and O–H groups in total. The van der Waals surface area contributed by atoms with Crippen LogP contribution in [0.3, 0.4) is 0 Å². The summed E-state index contributed by atoms with van der Waals surface area (Å²) in [4.78, 5) is 14.1. The monoisotopic (exact) mass is 279 g/mol. The number of benzene rings is 1. The van der Waals surface area contributed by atoms with Crippen molar-refractivity contribution in [1.82, 2.24) is 5.32 Å². The molecule has 112 valence electrons. The third-order valence-electron chi connectivity index (χ3n) is 2.85. The maximum atomic E-state index is 12.2. The Balaban J connectivity index is 2.52. The van der Waals surface area contributed by atoms with Gasteiger partial charge in [0.1, 0.15) is 0 Å². The number of ether oxygens (including phenoxy) is 1. The topological polar surface area (TPSA) is 67.6 Å². The molecule has 20 heavy (non-hydrogen) atoms. The van der Waals surface area contributed by atoms with Crippen molar-refractivity contribution in [3.05, 3.63) is 23.8 Å². The van der Waals surface area contributed by atoms with Crippen LogP contribution in [0, 0.1) is 0 Å². The van der Waals surface area contributed by atoms with Gasteiger partial charge in [-0.05, 0) is 31.0 Å². The summed E-state index contributed by atoms with van der Waals surface area (Å²) in [6, 6.07) is 5.36. The second-order valence-electron chi connectivity index (χ2n) is 4.89. The fourth-order valence-electron chi connectivity index (χ4n) is 1.84. The van der Waals surface area contributed by atoms with Gasteiger partial charge in [-0.25, -0.2) is 0 Å². The Morgan fingerprint density at radius 1 is 1.35 bits per heavy atom. The summed E-state index contributed by atoms with van der Waals surface area (Å²) >= 11 is 0. The summed E-state index contributed by atoms with van der Waals surface area (Å²) in [5.41, 5.74) is 7.81. The Morgan fingerprint density at radius 3 is 2.75 bits per heavy atom. The lowest BCUT2D eigenvalue weighted by atomic mass is 10.1. The van der Waals surface area contributed by atoms with E-state index >= 15 is 0 Å². The predicted molar refractivity (Wildman–Crippen MR) is 83.2 cm³/mol. The summed E-state index contributed by atoms with van der Waals surface area (Å²) in [5.74, 6) is -0.100. The minimum absolute atomic E-state index is 0.100. The second kappa shape index (κ2) is 8.43. The number of carbonyl (C=O) groups is 1. The number of anilines is 2. The second-order valence-corrected chi connectivity index (χ2v) is 4.89. The van der Waals surface area contributed by atoms with Crippen LogP contribution in [0.25, 0.3) is 0 Å². The molecule has 1 aromatic rings. The molecule has 5 heteroatoms. The highest BCUT2D eigenvalue weighted by molar-refractivity contribution is 6.00. The number of carbonyl (C=O) groups excluding carboxylic acids is 1. The van der Waals surface area contributed by atoms with Gasteiger partial charge in [0.2, 0.25) is 0 Å². The number of nitrogen functional groups attached to an aromatic ring is 1. The van der Waals surface area contributed by atoms with Crippen LogP contribution in [0.4, 0.5) is 11.4 Å². The molecule has 5 nitrogen and oxygen atoms in total. The standard InChI is InChI=1S/C15H25N3O2/c1-4-9-20-10-5-8-17-15(19)13-11-12(16)6-7-14(13)18(2)3/h6-7,11H,4-5,8-10,16H2,1-3H3,(H,17,19). The van der Waals surface area contributed by atoms with Crippen LogP contribution in [0.15, 0.2) is 18.2 Å². The molecule has 0 spiro atoms. The zero-order valence-corrected chi connectivity index (χ0v) is 12.6. The van der Waals surface area contributed by atoms with E-state index in [2.05, 4.69) is 12.2 Å². The van der Waals surface area contributed by atoms with Gasteiger partial charge in [-0.2, -0.15) is 0 Å². The van der Waals surface area contributed by atoms with E-state index in [1.807, 2.05) is 25.1 Å². The molecule has 0 bridgehead atoms. The molecule has 0 unspecified atom stereocenters. The van der Waals surface area contributed by atoms with E-state index in [1.54, 1.807) is 12.1 Å². The fraction of sp³-hybridized carbons (Fsp3) is 0.533. The largest absolute Gasteiger partial charge is 0.399 e. The molecule has 0 radical (unpaired) electrons. The molecule has 1 amide bonds. The lowest BCUT2D eigenvalue weighted by molar-refractivity contribution is 0.0942. The van der Waals surface area contributed by atoms with Crippen LogP contribution in [-0.4, -0.2) is 39.8 Å². The molecule has 1 aromatic carbocycles. The van der Waals surface area contributed by atoms with E-state index in [4.69, 9.17) is 10.5 Å². The van der Waals surface area contributed by atoms with Crippen molar-refractivity contribution in [3.63, 3.8) is 0 Å². The lowest BCUT2D eigenvalue weighted by Crippen LogP contribution is -2.27. The molecule has 0 saturated heterocycles. The van der Waals surface area contributed by atoms with E-state index < -0.39 is 0 Å². The van der Waals surface area contributed by atoms with Crippen LogP contribution in [0.1, 0.15) is 30.1 Å². The third-order valence-corrected chi connectivity index (χ3v) is 2.85. The molecule has 0 aliphatic rings. The van der Waals surface area contributed by atoms with Crippen LogP contribution in [-0.2, 0) is 4.74 Å². The highest BCUT2D eigenvalue weighted by Gasteiger charge is 2.12. The maximum Gasteiger partial charge on any atom is 0.253 e. The van der Waals surface area contributed by atoms with Crippen molar-refractivity contribution in [2.75, 3.05) is 44.5 Å². The molecule has 0 atom stereocenters. The van der Waals surface area contributed by atoms with Gasteiger partial charge in [0, 0.05) is 45.2 Å². The summed E-state index contributed by atoms with van der Waals surface area (Å²) in [7, 11) is 3.81. The highest BCUT2D eigenvalue weighted by atomic mass is 16.5. The molecule has 1 rings (SSSR count). The van der Waals surface area contributed by atoms with E-state index in [0.29, 0.717) is 24.4 Å². The van der Waals surface area contributed by atoms with E-state index in [1.165, 1.54) is 0 Å². The first-order valence-electron chi connectivity index (χ1n) is 6.99. The first-order chi connectivity index (χ1) is 9.56. The number of amides is 1. The molecule has 0 aromatic heterocycles. The zero-order chi connectivity index (χ0) is 15.0. The zero-order valence-electron chi connectivity index (χ0n) is 12.6. The van der Waals surface area contributed by atoms with Gasteiger partial charge < -0.3 is 20.7 Å². The summed E-state index contributed by atoms with van der Waals surface area (Å²) < 4.78 is 5.37. The Bertz CT molecular complexity index is 433. The lowest BCUT2D eigenvalue weighted by Gasteiger charge is -2.17. The number of nitrogens with zero attached hydrogens (tertiary/aromatic N) is 1. The first-order valence-corrected chi connectivity index (χ1v) is 6.99. The third kappa shape index (κ3) is 5.09. The Labute approximate surface area is 121 Å². The summed E-state index contributed by atoms with van der Waals surface area (Å²) in [6.45, 7) is 4.12. The van der Waals surface area contributed by atoms with Crippen molar-refractivity contribution < 1.29 is 9.53 Å². The minimum atomic E-state index is -0.100. The Morgan fingerprint density at radius 2 is 2.10 bits per heavy atom. The molecule has 0 fully saturated rings. The van der Waals surface area contributed by atoms with E-state index in [9.17, 15) is 4.79 Å². The summed E-state index contributed by atoms with van der Waals surface area (Å²) in [5, 5.41) is 2.90. The average molecular weight is 279 g/mol. The minimum Gasteiger partial charge on any atom is -0.399 e. The Hall–Kier alpha value is -1.75. The van der Waals surface area contributed by atoms with Crippen molar-refractivity contribution >= 4 is 17.3 Å². The van der Waals surface area contributed by atoms with Crippen LogP contribution in [0.5, 0.6) is 0 Å². The van der Waals surface area contributed by atoms with Gasteiger partial charge in [-0.3, -0.25) is 4.79 Å². The van der Waals surface area contributed by atoms with E-state index in [0.717, 1.165) is 25.1 Å². The molecular formula is C15H25N3O2. The molecule has 0 heterocycles. The van der Waals surface area contributed by atoms with Gasteiger partial charge in [-0.15, -0.1) is 0 Å². The first kappa shape index (κ1) is 16.3. The Kier molecular flexibility index (Phi) is 6.87. The number of nitrogens with two attached hydrogens (primary N) is 1. The number of hydrogen-bond donors (Lipinski definition) is 2. The van der Waals surface area contributed by atoms with Gasteiger partial charge in [0.15, 0.2) is 0 Å². The van der Waals surface area contributed by atoms with Crippen LogP contribution in [0.2, 0.25) is 0 Å². The van der Waals surface area contributed by atoms with Gasteiger partial charge in [-0.1, -0.05) is 6.92 Å². The van der Waals surface area contributed by atoms with Crippen LogP contribution >= 0.6 is 0 Å². The number of nitrogens with one attached hydrogen (secondary N) is 1. The average Bonchev–Trinajstić information content (AvgIpc) is 2.42. The number of hydrogen-bond acceptors (Lipinski definition) is 4. The van der Waals surface area contributed by atoms with Gasteiger partial charge >= 0.3 is 0 Å². The molecule has 0 aliphatic heterocycles. The van der Waals surface area contributed by atoms with Gasteiger partial charge in [0.25, 0.3) is 5.91 Å². The van der Waals surface area contributed by atoms with Crippen molar-refractivity contribution in [3.8, 4) is 0 Å².